The van der Waals surface area contributed by atoms with E-state index in [4.69, 9.17) is 4.74 Å². The summed E-state index contributed by atoms with van der Waals surface area (Å²) in [6.07, 6.45) is 9.91. The number of hydrogen-bond donors (Lipinski definition) is 1. The number of hydrogen-bond acceptors (Lipinski definition) is 3. The van der Waals surface area contributed by atoms with E-state index in [1.807, 2.05) is 26.8 Å². The molecule has 1 N–H and O–H groups in total. The van der Waals surface area contributed by atoms with Crippen LogP contribution >= 0.6 is 0 Å². The fraction of sp³-hybridized carbons (Fsp3) is 0.737. The number of allylic oxidation sites excluding steroid dienone is 3. The molecule has 0 spiro atoms. The molecule has 0 aromatic carbocycles. The van der Waals surface area contributed by atoms with Gasteiger partial charge in [-0.25, -0.2) is 4.79 Å². The zero-order valence-corrected chi connectivity index (χ0v) is 15.2. The average molecular weight is 310 g/mol. The minimum absolute atomic E-state index is 0.0334. The first-order valence-electron chi connectivity index (χ1n) is 8.32. The third-order valence-corrected chi connectivity index (χ3v) is 3.60. The maximum atomic E-state index is 11.5. The molecule has 3 nitrogen and oxygen atoms in total. The molecule has 0 saturated heterocycles. The first-order chi connectivity index (χ1) is 10.2. The van der Waals surface area contributed by atoms with Crippen molar-refractivity contribution in [3.63, 3.8) is 0 Å². The molecular weight excluding hydrogens is 276 g/mol. The van der Waals surface area contributed by atoms with E-state index in [2.05, 4.69) is 26.8 Å². The van der Waals surface area contributed by atoms with E-state index >= 15 is 0 Å². The van der Waals surface area contributed by atoms with Crippen LogP contribution in [0.25, 0.3) is 0 Å². The maximum absolute atomic E-state index is 11.5. The Bertz CT molecular complexity index is 378. The van der Waals surface area contributed by atoms with E-state index in [9.17, 15) is 9.90 Å². The molecule has 0 aromatic heterocycles. The van der Waals surface area contributed by atoms with Gasteiger partial charge in [-0.2, -0.15) is 0 Å². The van der Waals surface area contributed by atoms with Crippen molar-refractivity contribution in [2.75, 3.05) is 6.61 Å². The quantitative estimate of drug-likeness (QED) is 0.363. The van der Waals surface area contributed by atoms with Crippen molar-refractivity contribution in [3.05, 3.63) is 23.8 Å². The van der Waals surface area contributed by atoms with Gasteiger partial charge >= 0.3 is 5.97 Å². The van der Waals surface area contributed by atoms with Crippen LogP contribution in [-0.2, 0) is 9.53 Å². The molecule has 1 atom stereocenters. The molecule has 0 radical (unpaired) electrons. The number of esters is 1. The Kier molecular flexibility index (Phi) is 10.1. The second kappa shape index (κ2) is 10.6. The van der Waals surface area contributed by atoms with Crippen molar-refractivity contribution in [2.24, 2.45) is 11.3 Å². The average Bonchev–Trinajstić information content (AvgIpc) is 2.37. The summed E-state index contributed by atoms with van der Waals surface area (Å²) >= 11 is 0. The van der Waals surface area contributed by atoms with Crippen LogP contribution in [0.5, 0.6) is 0 Å². The summed E-state index contributed by atoms with van der Waals surface area (Å²) in [5, 5.41) is 9.23. The van der Waals surface area contributed by atoms with E-state index in [1.165, 1.54) is 6.08 Å². The highest BCUT2D eigenvalue weighted by Gasteiger charge is 2.15. The molecule has 0 bridgehead atoms. The van der Waals surface area contributed by atoms with E-state index in [0.717, 1.165) is 31.3 Å². The Hall–Kier alpha value is -1.09. The smallest absolute Gasteiger partial charge is 0.331 e. The molecule has 1 unspecified atom stereocenters. The highest BCUT2D eigenvalue weighted by molar-refractivity contribution is 5.83. The molecule has 0 aliphatic heterocycles. The van der Waals surface area contributed by atoms with Crippen LogP contribution in [0.15, 0.2) is 23.8 Å². The van der Waals surface area contributed by atoms with Crippen molar-refractivity contribution < 1.29 is 14.6 Å². The third kappa shape index (κ3) is 11.6. The zero-order chi connectivity index (χ0) is 17.2. The van der Waals surface area contributed by atoms with Crippen LogP contribution in [0.2, 0.25) is 0 Å². The fourth-order valence-electron chi connectivity index (χ4n) is 2.11. The summed E-state index contributed by atoms with van der Waals surface area (Å²) in [5.74, 6) is 0.331. The van der Waals surface area contributed by atoms with Crippen LogP contribution in [0, 0.1) is 11.3 Å². The lowest BCUT2D eigenvalue weighted by Crippen LogP contribution is -2.16. The molecule has 0 rings (SSSR count). The van der Waals surface area contributed by atoms with Gasteiger partial charge in [0, 0.05) is 12.7 Å². The predicted octanol–water partition coefficient (Wildman–Crippen LogP) is 4.66. The molecule has 128 valence electrons. The van der Waals surface area contributed by atoms with Gasteiger partial charge in [0.05, 0.1) is 6.10 Å². The summed E-state index contributed by atoms with van der Waals surface area (Å²) in [6.45, 7) is 12.3. The molecule has 0 fully saturated rings. The monoisotopic (exact) mass is 310 g/mol. The number of aliphatic hydroxyl groups is 1. The summed E-state index contributed by atoms with van der Waals surface area (Å²) in [7, 11) is 0. The van der Waals surface area contributed by atoms with Crippen molar-refractivity contribution in [1.82, 2.24) is 0 Å². The number of aliphatic hydroxyl groups excluding tert-OH is 1. The van der Waals surface area contributed by atoms with Crippen molar-refractivity contribution in [1.29, 1.82) is 0 Å². The molecule has 0 aliphatic carbocycles. The summed E-state index contributed by atoms with van der Waals surface area (Å²) < 4.78 is 5.07. The standard InChI is InChI=1S/C19H34O3/c1-15(2)22-18(21)13-17(4)10-7-9-16(3)11-8-12-19(5,6)14-20/h7,10,13,15-16,20H,8-9,11-12,14H2,1-6H3. The number of carbonyl (C=O) groups excluding carboxylic acids is 1. The normalized spacial score (nSPS) is 14.6. The largest absolute Gasteiger partial charge is 0.460 e. The first-order valence-corrected chi connectivity index (χ1v) is 8.32. The lowest BCUT2D eigenvalue weighted by Gasteiger charge is -2.22. The zero-order valence-electron chi connectivity index (χ0n) is 15.2. The van der Waals surface area contributed by atoms with Gasteiger partial charge in [0.1, 0.15) is 0 Å². The van der Waals surface area contributed by atoms with E-state index in [1.54, 1.807) is 0 Å². The fourth-order valence-corrected chi connectivity index (χ4v) is 2.11. The van der Waals surface area contributed by atoms with Gasteiger partial charge in [-0.1, -0.05) is 45.8 Å². The molecular formula is C19H34O3. The van der Waals surface area contributed by atoms with Crippen molar-refractivity contribution in [3.8, 4) is 0 Å². The van der Waals surface area contributed by atoms with Gasteiger partial charge in [0.15, 0.2) is 0 Å². The Morgan fingerprint density at radius 2 is 1.91 bits per heavy atom. The summed E-state index contributed by atoms with van der Waals surface area (Å²) in [5.41, 5.74) is 0.949. The predicted molar refractivity (Wildman–Crippen MR) is 92.6 cm³/mol. The van der Waals surface area contributed by atoms with Gasteiger partial charge in [0.2, 0.25) is 0 Å². The number of rotatable bonds is 10. The van der Waals surface area contributed by atoms with E-state index in [0.29, 0.717) is 5.92 Å². The van der Waals surface area contributed by atoms with Gasteiger partial charge in [-0.15, -0.1) is 0 Å². The van der Waals surface area contributed by atoms with Gasteiger partial charge < -0.3 is 9.84 Å². The molecule has 0 saturated carbocycles. The van der Waals surface area contributed by atoms with Crippen LogP contribution in [0.3, 0.4) is 0 Å². The molecule has 0 amide bonds. The SMILES string of the molecule is CC(C=CCC(C)CCCC(C)(C)CO)=CC(=O)OC(C)C. The van der Waals surface area contributed by atoms with Gasteiger partial charge in [-0.3, -0.25) is 0 Å². The Labute approximate surface area is 136 Å². The van der Waals surface area contributed by atoms with Crippen molar-refractivity contribution in [2.45, 2.75) is 73.3 Å². The second-order valence-electron chi connectivity index (χ2n) is 7.33. The van der Waals surface area contributed by atoms with E-state index < -0.39 is 0 Å². The summed E-state index contributed by atoms with van der Waals surface area (Å²) in [6, 6.07) is 0. The lowest BCUT2D eigenvalue weighted by atomic mass is 9.86. The molecule has 0 aromatic rings. The molecule has 0 heterocycles. The first kappa shape index (κ1) is 20.9. The Morgan fingerprint density at radius 3 is 2.45 bits per heavy atom. The van der Waals surface area contributed by atoms with Crippen LogP contribution in [-0.4, -0.2) is 23.8 Å². The Balaban J connectivity index is 4.05. The van der Waals surface area contributed by atoms with E-state index in [-0.39, 0.29) is 24.1 Å². The van der Waals surface area contributed by atoms with Crippen molar-refractivity contribution >= 4 is 5.97 Å². The second-order valence-corrected chi connectivity index (χ2v) is 7.33. The van der Waals surface area contributed by atoms with Crippen LogP contribution in [0.1, 0.15) is 67.2 Å². The van der Waals surface area contributed by atoms with Crippen LogP contribution < -0.4 is 0 Å². The van der Waals surface area contributed by atoms with Crippen LogP contribution in [0.4, 0.5) is 0 Å². The third-order valence-electron chi connectivity index (χ3n) is 3.60. The number of ether oxygens (including phenoxy) is 1. The maximum Gasteiger partial charge on any atom is 0.331 e. The van der Waals surface area contributed by atoms with Gasteiger partial charge in [0.25, 0.3) is 0 Å². The highest BCUT2D eigenvalue weighted by Crippen LogP contribution is 2.24. The molecule has 0 aliphatic rings. The molecule has 3 heteroatoms. The lowest BCUT2D eigenvalue weighted by molar-refractivity contribution is -0.141. The minimum atomic E-state index is -0.281. The van der Waals surface area contributed by atoms with Gasteiger partial charge in [-0.05, 0) is 50.5 Å². The molecule has 22 heavy (non-hydrogen) atoms. The minimum Gasteiger partial charge on any atom is -0.460 e. The summed E-state index contributed by atoms with van der Waals surface area (Å²) in [4.78, 5) is 11.5. The number of carbonyl (C=O) groups is 1. The topological polar surface area (TPSA) is 46.5 Å². The Morgan fingerprint density at radius 1 is 1.27 bits per heavy atom. The highest BCUT2D eigenvalue weighted by atomic mass is 16.5.